The van der Waals surface area contributed by atoms with E-state index < -0.39 is 0 Å². The van der Waals surface area contributed by atoms with Crippen LogP contribution in [0.2, 0.25) is 0 Å². The van der Waals surface area contributed by atoms with Gasteiger partial charge in [0.2, 0.25) is 0 Å². The first-order valence-electron chi connectivity index (χ1n) is 7.61. The van der Waals surface area contributed by atoms with Crippen molar-refractivity contribution in [3.05, 3.63) is 34.3 Å². The topological polar surface area (TPSA) is 12.0 Å². The quantitative estimate of drug-likeness (QED) is 0.644. The van der Waals surface area contributed by atoms with E-state index in [1.54, 1.807) is 0 Å². The summed E-state index contributed by atoms with van der Waals surface area (Å²) in [6.45, 7) is 5.69. The highest BCUT2D eigenvalue weighted by molar-refractivity contribution is 9.10. The Bertz CT molecular complexity index is 334. The normalized spacial score (nSPS) is 14.3. The third-order valence-electron chi connectivity index (χ3n) is 3.95. The van der Waals surface area contributed by atoms with E-state index in [0.717, 1.165) is 16.9 Å². The third-order valence-corrected chi connectivity index (χ3v) is 4.48. The van der Waals surface area contributed by atoms with Crippen LogP contribution in [0.3, 0.4) is 0 Å². The molecule has 0 saturated carbocycles. The summed E-state index contributed by atoms with van der Waals surface area (Å²) in [5, 5.41) is 3.35. The van der Waals surface area contributed by atoms with Gasteiger partial charge in [-0.3, -0.25) is 0 Å². The average Bonchev–Trinajstić information content (AvgIpc) is 2.43. The minimum atomic E-state index is 0.639. The van der Waals surface area contributed by atoms with Crippen LogP contribution in [0.15, 0.2) is 28.7 Å². The Balaban J connectivity index is 2.67. The first-order valence-corrected chi connectivity index (χ1v) is 8.40. The molecule has 0 aliphatic carbocycles. The standard InChI is InChI=1S/C17H28BrN/c1-4-6-7-14(5-2)12-16(13-19-3)15-8-10-17(18)11-9-15/h8-11,14,16,19H,4-7,12-13H2,1-3H3. The molecule has 0 fully saturated rings. The summed E-state index contributed by atoms with van der Waals surface area (Å²) in [5.74, 6) is 1.50. The van der Waals surface area contributed by atoms with Gasteiger partial charge in [0, 0.05) is 11.0 Å². The molecule has 2 heteroatoms. The van der Waals surface area contributed by atoms with Gasteiger partial charge in [-0.1, -0.05) is 67.6 Å². The Hall–Kier alpha value is -0.340. The molecule has 19 heavy (non-hydrogen) atoms. The zero-order valence-electron chi connectivity index (χ0n) is 12.6. The second kappa shape index (κ2) is 9.55. The second-order valence-electron chi connectivity index (χ2n) is 5.46. The van der Waals surface area contributed by atoms with Gasteiger partial charge in [-0.05, 0) is 43.0 Å². The van der Waals surface area contributed by atoms with Gasteiger partial charge in [0.1, 0.15) is 0 Å². The minimum absolute atomic E-state index is 0.639. The maximum Gasteiger partial charge on any atom is 0.0175 e. The zero-order chi connectivity index (χ0) is 14.1. The summed E-state index contributed by atoms with van der Waals surface area (Å²) in [4.78, 5) is 0. The summed E-state index contributed by atoms with van der Waals surface area (Å²) in [7, 11) is 2.05. The molecule has 0 aliphatic rings. The maximum absolute atomic E-state index is 3.52. The molecule has 108 valence electrons. The lowest BCUT2D eigenvalue weighted by atomic mass is 9.85. The molecule has 0 amide bonds. The van der Waals surface area contributed by atoms with E-state index in [1.807, 2.05) is 0 Å². The van der Waals surface area contributed by atoms with Crippen LogP contribution in [0.1, 0.15) is 57.4 Å². The summed E-state index contributed by atoms with van der Waals surface area (Å²) >= 11 is 3.52. The van der Waals surface area contributed by atoms with Crippen molar-refractivity contribution in [2.75, 3.05) is 13.6 Å². The van der Waals surface area contributed by atoms with E-state index in [2.05, 4.69) is 66.4 Å². The molecule has 0 saturated heterocycles. The van der Waals surface area contributed by atoms with E-state index >= 15 is 0 Å². The lowest BCUT2D eigenvalue weighted by Gasteiger charge is -2.23. The largest absolute Gasteiger partial charge is 0.319 e. The van der Waals surface area contributed by atoms with E-state index in [0.29, 0.717) is 5.92 Å². The van der Waals surface area contributed by atoms with Gasteiger partial charge in [0.25, 0.3) is 0 Å². The Morgan fingerprint density at radius 3 is 2.37 bits per heavy atom. The van der Waals surface area contributed by atoms with E-state index in [1.165, 1.54) is 37.7 Å². The van der Waals surface area contributed by atoms with Crippen LogP contribution in [0.25, 0.3) is 0 Å². The molecule has 0 radical (unpaired) electrons. The number of likely N-dealkylation sites (N-methyl/N-ethyl adjacent to an activating group) is 1. The molecule has 2 unspecified atom stereocenters. The molecule has 1 aromatic rings. The first kappa shape index (κ1) is 16.7. The van der Waals surface area contributed by atoms with Crippen LogP contribution in [-0.2, 0) is 0 Å². The molecule has 1 rings (SSSR count). The predicted octanol–water partition coefficient (Wildman–Crippen LogP) is 5.36. The van der Waals surface area contributed by atoms with Crippen LogP contribution < -0.4 is 5.32 Å². The number of benzene rings is 1. The zero-order valence-corrected chi connectivity index (χ0v) is 14.2. The van der Waals surface area contributed by atoms with Gasteiger partial charge in [-0.2, -0.15) is 0 Å². The molecule has 0 bridgehead atoms. The van der Waals surface area contributed by atoms with Crippen LogP contribution in [0.5, 0.6) is 0 Å². The highest BCUT2D eigenvalue weighted by Gasteiger charge is 2.16. The summed E-state index contributed by atoms with van der Waals surface area (Å²) in [6.07, 6.45) is 6.66. The molecule has 0 heterocycles. The monoisotopic (exact) mass is 325 g/mol. The van der Waals surface area contributed by atoms with E-state index in [-0.39, 0.29) is 0 Å². The average molecular weight is 326 g/mol. The summed E-state index contributed by atoms with van der Waals surface area (Å²) in [6, 6.07) is 8.84. The summed E-state index contributed by atoms with van der Waals surface area (Å²) < 4.78 is 1.16. The van der Waals surface area contributed by atoms with Gasteiger partial charge in [0.15, 0.2) is 0 Å². The SMILES string of the molecule is CCCCC(CC)CC(CNC)c1ccc(Br)cc1. The van der Waals surface area contributed by atoms with Gasteiger partial charge < -0.3 is 5.32 Å². The van der Waals surface area contributed by atoms with Gasteiger partial charge in [-0.15, -0.1) is 0 Å². The van der Waals surface area contributed by atoms with E-state index in [9.17, 15) is 0 Å². The van der Waals surface area contributed by atoms with Crippen molar-refractivity contribution in [1.29, 1.82) is 0 Å². The van der Waals surface area contributed by atoms with Crippen molar-refractivity contribution in [2.24, 2.45) is 5.92 Å². The smallest absolute Gasteiger partial charge is 0.0175 e. The fraction of sp³-hybridized carbons (Fsp3) is 0.647. The fourth-order valence-corrected chi connectivity index (χ4v) is 2.97. The van der Waals surface area contributed by atoms with Crippen LogP contribution in [0, 0.1) is 5.92 Å². The lowest BCUT2D eigenvalue weighted by molar-refractivity contribution is 0.380. The van der Waals surface area contributed by atoms with Crippen molar-refractivity contribution in [2.45, 2.75) is 51.9 Å². The molecule has 1 nitrogen and oxygen atoms in total. The minimum Gasteiger partial charge on any atom is -0.319 e. The number of halogens is 1. The molecule has 1 aromatic carbocycles. The Kier molecular flexibility index (Phi) is 8.40. The molecular formula is C17H28BrN. The molecule has 1 N–H and O–H groups in total. The number of hydrogen-bond donors (Lipinski definition) is 1. The van der Waals surface area contributed by atoms with Gasteiger partial charge in [-0.25, -0.2) is 0 Å². The van der Waals surface area contributed by atoms with Crippen LogP contribution in [0.4, 0.5) is 0 Å². The third kappa shape index (κ3) is 6.09. The molecule has 0 aromatic heterocycles. The van der Waals surface area contributed by atoms with Crippen molar-refractivity contribution in [3.63, 3.8) is 0 Å². The maximum atomic E-state index is 3.52. The van der Waals surface area contributed by atoms with Crippen molar-refractivity contribution < 1.29 is 0 Å². The van der Waals surface area contributed by atoms with E-state index in [4.69, 9.17) is 0 Å². The first-order chi connectivity index (χ1) is 9.21. The highest BCUT2D eigenvalue weighted by Crippen LogP contribution is 2.29. The molecular weight excluding hydrogens is 298 g/mol. The second-order valence-corrected chi connectivity index (χ2v) is 6.37. The summed E-state index contributed by atoms with van der Waals surface area (Å²) in [5.41, 5.74) is 1.47. The van der Waals surface area contributed by atoms with Crippen LogP contribution >= 0.6 is 15.9 Å². The van der Waals surface area contributed by atoms with Crippen LogP contribution in [-0.4, -0.2) is 13.6 Å². The van der Waals surface area contributed by atoms with Crippen molar-refractivity contribution >= 4 is 15.9 Å². The van der Waals surface area contributed by atoms with Crippen molar-refractivity contribution in [3.8, 4) is 0 Å². The fourth-order valence-electron chi connectivity index (χ4n) is 2.70. The molecule has 0 spiro atoms. The Morgan fingerprint density at radius 1 is 1.16 bits per heavy atom. The number of unbranched alkanes of at least 4 members (excludes halogenated alkanes) is 1. The molecule has 0 aliphatic heterocycles. The van der Waals surface area contributed by atoms with Gasteiger partial charge in [0.05, 0.1) is 0 Å². The number of rotatable bonds is 9. The number of hydrogen-bond acceptors (Lipinski definition) is 1. The Morgan fingerprint density at radius 2 is 1.84 bits per heavy atom. The lowest BCUT2D eigenvalue weighted by Crippen LogP contribution is -2.20. The predicted molar refractivity (Wildman–Crippen MR) is 88.7 cm³/mol. The number of nitrogens with one attached hydrogen (secondary N) is 1. The Labute approximate surface area is 127 Å². The molecule has 2 atom stereocenters. The van der Waals surface area contributed by atoms with Crippen molar-refractivity contribution in [1.82, 2.24) is 5.32 Å². The van der Waals surface area contributed by atoms with Gasteiger partial charge >= 0.3 is 0 Å². The highest BCUT2D eigenvalue weighted by atomic mass is 79.9.